The molecule has 5 aromatic rings. The van der Waals surface area contributed by atoms with Crippen LogP contribution in [0.2, 0.25) is 0 Å². The van der Waals surface area contributed by atoms with Crippen LogP contribution in [0.1, 0.15) is 72.5 Å². The Balaban J connectivity index is 1.48. The van der Waals surface area contributed by atoms with Crippen molar-refractivity contribution in [3.63, 3.8) is 0 Å². The van der Waals surface area contributed by atoms with Gasteiger partial charge < -0.3 is 13.9 Å². The highest BCUT2D eigenvalue weighted by molar-refractivity contribution is 7.07. The molecule has 0 N–H and O–H groups in total. The Labute approximate surface area is 275 Å². The predicted molar refractivity (Wildman–Crippen MR) is 182 cm³/mol. The van der Waals surface area contributed by atoms with Gasteiger partial charge in [-0.15, -0.1) is 0 Å². The molecular weight excluding hydrogens is 612 g/mol. The van der Waals surface area contributed by atoms with Gasteiger partial charge >= 0.3 is 11.9 Å². The van der Waals surface area contributed by atoms with E-state index in [1.165, 1.54) is 11.3 Å². The van der Waals surface area contributed by atoms with E-state index in [0.717, 1.165) is 22.3 Å². The number of hydrogen-bond donors (Lipinski definition) is 0. The number of benzene rings is 3. The zero-order chi connectivity index (χ0) is 33.1. The van der Waals surface area contributed by atoms with Gasteiger partial charge in [-0.05, 0) is 55.2 Å². The lowest BCUT2D eigenvalue weighted by molar-refractivity contribution is -0.138. The summed E-state index contributed by atoms with van der Waals surface area (Å²) in [5, 5.41) is 0. The average molecular weight is 647 g/mol. The number of nitrogens with zero attached hydrogens (tertiary/aromatic N) is 2. The second kappa shape index (κ2) is 13.6. The molecule has 1 atom stereocenters. The molecule has 3 aromatic carbocycles. The van der Waals surface area contributed by atoms with Crippen molar-refractivity contribution in [1.29, 1.82) is 0 Å². The Kier molecular flexibility index (Phi) is 9.17. The highest BCUT2D eigenvalue weighted by Crippen LogP contribution is 2.35. The smallest absolute Gasteiger partial charge is 0.338 e. The summed E-state index contributed by atoms with van der Waals surface area (Å²) in [6.07, 6.45) is 1.69. The standard InChI is InChI=1S/C38H34N2O6S/c1-5-44-36(42)28-18-14-25(15-19-28)30-21-20-29(46-30)22-31-35(41)40-34(27-16-12-24(13-17-27)23(3)4)32(37(43)45-6-2)33(39-38(40)47-31)26-10-8-7-9-11-26/h7-23,34H,5-6H2,1-4H3/b31-22-/t34-/m0/s1. The summed E-state index contributed by atoms with van der Waals surface area (Å²) in [4.78, 5) is 45.3. The van der Waals surface area contributed by atoms with E-state index >= 15 is 0 Å². The van der Waals surface area contributed by atoms with Crippen molar-refractivity contribution in [1.82, 2.24) is 4.57 Å². The first-order valence-corrected chi connectivity index (χ1v) is 16.4. The van der Waals surface area contributed by atoms with Gasteiger partial charge in [-0.2, -0.15) is 0 Å². The quantitative estimate of drug-likeness (QED) is 0.170. The van der Waals surface area contributed by atoms with E-state index < -0.39 is 12.0 Å². The summed E-state index contributed by atoms with van der Waals surface area (Å²) in [6, 6.07) is 27.3. The fourth-order valence-corrected chi connectivity index (χ4v) is 6.50. The molecule has 6 rings (SSSR count). The molecule has 1 aliphatic heterocycles. The van der Waals surface area contributed by atoms with E-state index in [1.54, 1.807) is 54.8 Å². The Morgan fingerprint density at radius 2 is 1.55 bits per heavy atom. The lowest BCUT2D eigenvalue weighted by Crippen LogP contribution is -2.40. The van der Waals surface area contributed by atoms with Crippen LogP contribution in [-0.2, 0) is 14.3 Å². The fraction of sp³-hybridized carbons (Fsp3) is 0.211. The molecule has 238 valence electrons. The van der Waals surface area contributed by atoms with Crippen molar-refractivity contribution < 1.29 is 23.5 Å². The SMILES string of the molecule is CCOC(=O)C1=C(c2ccccc2)N=c2s/c(=C\c3ccc(-c4ccc(C(=O)OCC)cc4)o3)c(=O)n2[C@H]1c1ccc(C(C)C)cc1. The maximum Gasteiger partial charge on any atom is 0.338 e. The first-order valence-electron chi connectivity index (χ1n) is 15.5. The number of furan rings is 1. The van der Waals surface area contributed by atoms with Gasteiger partial charge in [0.2, 0.25) is 0 Å². The summed E-state index contributed by atoms with van der Waals surface area (Å²) in [6.45, 7) is 8.24. The molecular formula is C38H34N2O6S. The molecule has 0 amide bonds. The van der Waals surface area contributed by atoms with Gasteiger partial charge in [-0.1, -0.05) is 91.9 Å². The van der Waals surface area contributed by atoms with Gasteiger partial charge in [0.1, 0.15) is 11.5 Å². The summed E-state index contributed by atoms with van der Waals surface area (Å²) in [5.41, 5.74) is 4.39. The number of aromatic nitrogens is 1. The highest BCUT2D eigenvalue weighted by Gasteiger charge is 2.35. The van der Waals surface area contributed by atoms with Gasteiger partial charge in [0.25, 0.3) is 5.56 Å². The summed E-state index contributed by atoms with van der Waals surface area (Å²) < 4.78 is 18.7. The van der Waals surface area contributed by atoms with Gasteiger partial charge in [-0.25, -0.2) is 14.6 Å². The maximum atomic E-state index is 14.2. The molecule has 3 heterocycles. The number of rotatable bonds is 9. The Morgan fingerprint density at radius 1 is 0.872 bits per heavy atom. The second-order valence-electron chi connectivity index (χ2n) is 11.3. The van der Waals surface area contributed by atoms with E-state index in [-0.39, 0.29) is 18.1 Å². The monoisotopic (exact) mass is 646 g/mol. The van der Waals surface area contributed by atoms with Gasteiger partial charge in [0.05, 0.1) is 40.6 Å². The summed E-state index contributed by atoms with van der Waals surface area (Å²) in [5.74, 6) is 0.473. The molecule has 1 aliphatic rings. The number of carbonyl (C=O) groups is 2. The molecule has 2 aromatic heterocycles. The first-order chi connectivity index (χ1) is 22.8. The van der Waals surface area contributed by atoms with E-state index in [2.05, 4.69) is 13.8 Å². The Hall–Kier alpha value is -5.28. The minimum Gasteiger partial charge on any atom is -0.463 e. The third-order valence-electron chi connectivity index (χ3n) is 7.87. The summed E-state index contributed by atoms with van der Waals surface area (Å²) in [7, 11) is 0. The zero-order valence-corrected chi connectivity index (χ0v) is 27.4. The number of carbonyl (C=O) groups excluding carboxylic acids is 2. The van der Waals surface area contributed by atoms with Crippen LogP contribution in [0.5, 0.6) is 0 Å². The van der Waals surface area contributed by atoms with Gasteiger partial charge in [0, 0.05) is 17.2 Å². The molecule has 8 nitrogen and oxygen atoms in total. The van der Waals surface area contributed by atoms with Crippen molar-refractivity contribution in [2.24, 2.45) is 4.99 Å². The lowest BCUT2D eigenvalue weighted by atomic mass is 9.91. The lowest BCUT2D eigenvalue weighted by Gasteiger charge is -2.26. The number of hydrogen-bond acceptors (Lipinski definition) is 8. The van der Waals surface area contributed by atoms with Crippen molar-refractivity contribution in [2.75, 3.05) is 13.2 Å². The molecule has 47 heavy (non-hydrogen) atoms. The van der Waals surface area contributed by atoms with Crippen LogP contribution in [0.3, 0.4) is 0 Å². The Bertz CT molecular complexity index is 2140. The molecule has 0 spiro atoms. The van der Waals surface area contributed by atoms with Crippen molar-refractivity contribution in [3.8, 4) is 11.3 Å². The minimum atomic E-state index is -0.756. The van der Waals surface area contributed by atoms with Crippen molar-refractivity contribution in [3.05, 3.63) is 144 Å². The highest BCUT2D eigenvalue weighted by atomic mass is 32.1. The van der Waals surface area contributed by atoms with E-state index in [9.17, 15) is 14.4 Å². The predicted octanol–water partition coefficient (Wildman–Crippen LogP) is 6.50. The second-order valence-corrected chi connectivity index (χ2v) is 12.3. The van der Waals surface area contributed by atoms with Crippen LogP contribution in [0.25, 0.3) is 23.1 Å². The molecule has 0 unspecified atom stereocenters. The van der Waals surface area contributed by atoms with Crippen LogP contribution in [-0.4, -0.2) is 29.7 Å². The largest absolute Gasteiger partial charge is 0.463 e. The van der Waals surface area contributed by atoms with E-state index in [1.807, 2.05) is 60.7 Å². The fourth-order valence-electron chi connectivity index (χ4n) is 5.52. The van der Waals surface area contributed by atoms with Crippen LogP contribution in [0.15, 0.2) is 111 Å². The molecule has 0 fully saturated rings. The Morgan fingerprint density at radius 3 is 2.21 bits per heavy atom. The number of fused-ring (bicyclic) bond motifs is 1. The summed E-state index contributed by atoms with van der Waals surface area (Å²) >= 11 is 1.23. The van der Waals surface area contributed by atoms with Crippen LogP contribution in [0.4, 0.5) is 0 Å². The topological polar surface area (TPSA) is 100 Å². The normalized spacial score (nSPS) is 14.6. The molecule has 0 saturated carbocycles. The molecule has 0 bridgehead atoms. The zero-order valence-electron chi connectivity index (χ0n) is 26.6. The molecule has 0 saturated heterocycles. The average Bonchev–Trinajstić information content (AvgIpc) is 3.68. The van der Waals surface area contributed by atoms with Gasteiger partial charge in [-0.3, -0.25) is 9.36 Å². The number of ether oxygens (including phenoxy) is 2. The van der Waals surface area contributed by atoms with Crippen molar-refractivity contribution >= 4 is 35.0 Å². The number of thiazole rings is 1. The molecule has 0 aliphatic carbocycles. The van der Waals surface area contributed by atoms with Crippen LogP contribution >= 0.6 is 11.3 Å². The first kappa shape index (κ1) is 31.7. The molecule has 0 radical (unpaired) electrons. The van der Waals surface area contributed by atoms with Crippen LogP contribution in [0, 0.1) is 0 Å². The van der Waals surface area contributed by atoms with Crippen molar-refractivity contribution in [2.45, 2.75) is 39.7 Å². The maximum absolute atomic E-state index is 14.2. The van der Waals surface area contributed by atoms with Gasteiger partial charge in [0.15, 0.2) is 4.80 Å². The third kappa shape index (κ3) is 6.39. The van der Waals surface area contributed by atoms with Crippen LogP contribution < -0.4 is 14.9 Å². The molecule has 9 heteroatoms. The number of esters is 2. The van der Waals surface area contributed by atoms with E-state index in [4.69, 9.17) is 18.9 Å². The third-order valence-corrected chi connectivity index (χ3v) is 8.86. The van der Waals surface area contributed by atoms with E-state index in [0.29, 0.717) is 50.2 Å². The minimum absolute atomic E-state index is 0.181.